The van der Waals surface area contributed by atoms with E-state index in [2.05, 4.69) is 10.6 Å². The zero-order chi connectivity index (χ0) is 20.5. The fourth-order valence-electron chi connectivity index (χ4n) is 3.66. The number of carbonyl (C=O) groups excluding carboxylic acids is 2. The van der Waals surface area contributed by atoms with Crippen LogP contribution in [0.1, 0.15) is 38.7 Å². The zero-order valence-corrected chi connectivity index (χ0v) is 16.7. The van der Waals surface area contributed by atoms with Gasteiger partial charge in [-0.05, 0) is 48.4 Å². The van der Waals surface area contributed by atoms with Crippen molar-refractivity contribution in [2.45, 2.75) is 19.3 Å². The third kappa shape index (κ3) is 3.61. The van der Waals surface area contributed by atoms with Crippen LogP contribution in [0.25, 0.3) is 0 Å². The Morgan fingerprint density at radius 1 is 1.21 bits per heavy atom. The summed E-state index contributed by atoms with van der Waals surface area (Å²) in [4.78, 5) is 25.7. The number of benzene rings is 2. The summed E-state index contributed by atoms with van der Waals surface area (Å²) in [5.74, 6) is -0.241. The molecule has 0 fully saturated rings. The molecule has 0 unspecified atom stereocenters. The third-order valence-electron chi connectivity index (χ3n) is 5.01. The molecule has 2 amide bonds. The zero-order valence-electron chi connectivity index (χ0n) is 15.9. The Labute approximate surface area is 171 Å². The fourth-order valence-corrected chi connectivity index (χ4v) is 4.84. The van der Waals surface area contributed by atoms with Crippen LogP contribution in [0.2, 0.25) is 0 Å². The topological polar surface area (TPSA) is 67.4 Å². The van der Waals surface area contributed by atoms with Gasteiger partial charge in [0, 0.05) is 23.6 Å². The van der Waals surface area contributed by atoms with Crippen molar-refractivity contribution in [1.29, 1.82) is 0 Å². The number of methoxy groups -OCH3 is 1. The molecule has 1 aromatic heterocycles. The maximum atomic E-state index is 13.1. The van der Waals surface area contributed by atoms with Gasteiger partial charge in [-0.1, -0.05) is 18.2 Å². The van der Waals surface area contributed by atoms with E-state index in [1.807, 2.05) is 31.2 Å². The Morgan fingerprint density at radius 3 is 2.66 bits per heavy atom. The van der Waals surface area contributed by atoms with E-state index >= 15 is 0 Å². The van der Waals surface area contributed by atoms with E-state index in [9.17, 15) is 14.0 Å². The van der Waals surface area contributed by atoms with Gasteiger partial charge in [0.1, 0.15) is 11.6 Å². The molecule has 29 heavy (non-hydrogen) atoms. The molecule has 4 rings (SSSR count). The quantitative estimate of drug-likeness (QED) is 0.641. The van der Waals surface area contributed by atoms with Gasteiger partial charge in [0.25, 0.3) is 5.91 Å². The monoisotopic (exact) mass is 410 g/mol. The predicted molar refractivity (Wildman–Crippen MR) is 111 cm³/mol. The molecule has 1 aliphatic rings. The molecule has 0 bridgehead atoms. The number of anilines is 2. The highest BCUT2D eigenvalue weighted by Gasteiger charge is 2.34. The Hall–Kier alpha value is -3.19. The summed E-state index contributed by atoms with van der Waals surface area (Å²) in [6.45, 7) is 1.88. The van der Waals surface area contributed by atoms with Crippen molar-refractivity contribution in [2.24, 2.45) is 0 Å². The molecule has 5 nitrogen and oxygen atoms in total. The lowest BCUT2D eigenvalue weighted by Crippen LogP contribution is -2.23. The van der Waals surface area contributed by atoms with Gasteiger partial charge < -0.3 is 15.4 Å². The maximum absolute atomic E-state index is 13.1. The van der Waals surface area contributed by atoms with Gasteiger partial charge in [0.2, 0.25) is 5.91 Å². The highest BCUT2D eigenvalue weighted by molar-refractivity contribution is 7.18. The molecule has 2 heterocycles. The molecular formula is C22H19FN2O3S. The first-order chi connectivity index (χ1) is 14.0. The number of amides is 2. The molecule has 0 aliphatic carbocycles. The Kier molecular flexibility index (Phi) is 5.07. The Balaban J connectivity index is 1.72. The molecular weight excluding hydrogens is 391 g/mol. The normalized spacial score (nSPS) is 15.4. The molecule has 1 aliphatic heterocycles. The van der Waals surface area contributed by atoms with Crippen molar-refractivity contribution in [2.75, 3.05) is 17.7 Å². The predicted octanol–water partition coefficient (Wildman–Crippen LogP) is 4.93. The van der Waals surface area contributed by atoms with Crippen LogP contribution in [0, 0.1) is 12.7 Å². The highest BCUT2D eigenvalue weighted by atomic mass is 32.1. The second-order valence-electron chi connectivity index (χ2n) is 6.81. The number of para-hydroxylation sites is 1. The molecule has 3 aromatic rings. The van der Waals surface area contributed by atoms with Crippen LogP contribution in [-0.2, 0) is 4.79 Å². The number of rotatable bonds is 4. The molecule has 1 atom stereocenters. The van der Waals surface area contributed by atoms with Crippen LogP contribution in [0.15, 0.2) is 48.5 Å². The molecule has 0 saturated carbocycles. The standard InChI is InChI=1S/C22H19FN2O3S/c1-12-19-16(15-5-3-4-6-17(15)28-2)11-18(26)25-22(19)29-20(12)21(27)24-14-9-7-13(23)8-10-14/h3-10,16H,11H2,1-2H3,(H,24,27)(H,25,26)/t16-/m0/s1. The minimum Gasteiger partial charge on any atom is -0.496 e. The number of fused-ring (bicyclic) bond motifs is 1. The van der Waals surface area contributed by atoms with E-state index in [1.165, 1.54) is 35.6 Å². The summed E-state index contributed by atoms with van der Waals surface area (Å²) in [6, 6.07) is 13.2. The van der Waals surface area contributed by atoms with Crippen LogP contribution in [-0.4, -0.2) is 18.9 Å². The van der Waals surface area contributed by atoms with Gasteiger partial charge in [0.05, 0.1) is 17.0 Å². The second kappa shape index (κ2) is 7.67. The van der Waals surface area contributed by atoms with E-state index in [0.717, 1.165) is 16.7 Å². The van der Waals surface area contributed by atoms with Crippen LogP contribution in [0.4, 0.5) is 15.1 Å². The summed E-state index contributed by atoms with van der Waals surface area (Å²) in [6.07, 6.45) is 0.282. The van der Waals surface area contributed by atoms with E-state index < -0.39 is 0 Å². The van der Waals surface area contributed by atoms with Crippen molar-refractivity contribution in [3.63, 3.8) is 0 Å². The number of carbonyl (C=O) groups is 2. The van der Waals surface area contributed by atoms with Gasteiger partial charge >= 0.3 is 0 Å². The molecule has 7 heteroatoms. The third-order valence-corrected chi connectivity index (χ3v) is 6.23. The minimum absolute atomic E-state index is 0.0971. The van der Waals surface area contributed by atoms with Gasteiger partial charge in [-0.25, -0.2) is 4.39 Å². The fraction of sp³-hybridized carbons (Fsp3) is 0.182. The van der Waals surface area contributed by atoms with Crippen LogP contribution in [0.3, 0.4) is 0 Å². The van der Waals surface area contributed by atoms with Crippen molar-refractivity contribution >= 4 is 33.8 Å². The summed E-state index contributed by atoms with van der Waals surface area (Å²) in [5.41, 5.74) is 3.17. The number of hydrogen-bond donors (Lipinski definition) is 2. The molecule has 0 spiro atoms. The SMILES string of the molecule is COc1ccccc1[C@@H]1CC(=O)Nc2sc(C(=O)Nc3ccc(F)cc3)c(C)c21. The summed E-state index contributed by atoms with van der Waals surface area (Å²) in [7, 11) is 1.60. The smallest absolute Gasteiger partial charge is 0.266 e. The van der Waals surface area contributed by atoms with Gasteiger partial charge in [-0.3, -0.25) is 9.59 Å². The summed E-state index contributed by atoms with van der Waals surface area (Å²) >= 11 is 1.25. The molecule has 2 N–H and O–H groups in total. The lowest BCUT2D eigenvalue weighted by atomic mass is 9.84. The average molecular weight is 410 g/mol. The number of thiophene rings is 1. The number of hydrogen-bond acceptors (Lipinski definition) is 4. The molecule has 0 radical (unpaired) electrons. The van der Waals surface area contributed by atoms with Crippen molar-refractivity contribution in [3.8, 4) is 5.75 Å². The van der Waals surface area contributed by atoms with E-state index in [-0.39, 0.29) is 30.0 Å². The van der Waals surface area contributed by atoms with Crippen molar-refractivity contribution < 1.29 is 18.7 Å². The Morgan fingerprint density at radius 2 is 1.93 bits per heavy atom. The lowest BCUT2D eigenvalue weighted by molar-refractivity contribution is -0.116. The average Bonchev–Trinajstić information content (AvgIpc) is 3.05. The van der Waals surface area contributed by atoms with E-state index in [4.69, 9.17) is 4.74 Å². The first kappa shape index (κ1) is 19.1. The van der Waals surface area contributed by atoms with Crippen LogP contribution < -0.4 is 15.4 Å². The van der Waals surface area contributed by atoms with Crippen LogP contribution in [0.5, 0.6) is 5.75 Å². The van der Waals surface area contributed by atoms with Gasteiger partial charge in [0.15, 0.2) is 0 Å². The molecule has 2 aromatic carbocycles. The van der Waals surface area contributed by atoms with E-state index in [0.29, 0.717) is 21.3 Å². The summed E-state index contributed by atoms with van der Waals surface area (Å²) < 4.78 is 18.6. The summed E-state index contributed by atoms with van der Waals surface area (Å²) in [5, 5.41) is 6.36. The van der Waals surface area contributed by atoms with Crippen molar-refractivity contribution in [3.05, 3.63) is 75.9 Å². The maximum Gasteiger partial charge on any atom is 0.266 e. The lowest BCUT2D eigenvalue weighted by Gasteiger charge is -2.25. The van der Waals surface area contributed by atoms with Gasteiger partial charge in [-0.15, -0.1) is 11.3 Å². The largest absolute Gasteiger partial charge is 0.496 e. The second-order valence-corrected chi connectivity index (χ2v) is 7.83. The first-order valence-corrected chi connectivity index (χ1v) is 9.92. The van der Waals surface area contributed by atoms with Crippen LogP contribution >= 0.6 is 11.3 Å². The molecule has 148 valence electrons. The van der Waals surface area contributed by atoms with E-state index in [1.54, 1.807) is 7.11 Å². The number of halogens is 1. The first-order valence-electron chi connectivity index (χ1n) is 9.11. The van der Waals surface area contributed by atoms with Gasteiger partial charge in [-0.2, -0.15) is 0 Å². The molecule has 0 saturated heterocycles. The highest BCUT2D eigenvalue weighted by Crippen LogP contribution is 2.47. The Bertz CT molecular complexity index is 1090. The number of ether oxygens (including phenoxy) is 1. The minimum atomic E-state index is -0.367. The number of nitrogens with one attached hydrogen (secondary N) is 2. The van der Waals surface area contributed by atoms with Crippen molar-refractivity contribution in [1.82, 2.24) is 0 Å².